The SMILES string of the molecule is Cc1cncc(CN2CCCC(N)C2)n1. The topological polar surface area (TPSA) is 55.0 Å². The van der Waals surface area contributed by atoms with Crippen molar-refractivity contribution in [2.75, 3.05) is 13.1 Å². The summed E-state index contributed by atoms with van der Waals surface area (Å²) in [5.41, 5.74) is 7.96. The predicted octanol–water partition coefficient (Wildman–Crippen LogP) is 0.708. The molecule has 1 aromatic rings. The summed E-state index contributed by atoms with van der Waals surface area (Å²) in [6, 6.07) is 0.330. The first-order valence-corrected chi connectivity index (χ1v) is 5.49. The highest BCUT2D eigenvalue weighted by Gasteiger charge is 2.16. The predicted molar refractivity (Wildman–Crippen MR) is 59.3 cm³/mol. The number of nitrogens with zero attached hydrogens (tertiary/aromatic N) is 3. The molecule has 0 aromatic carbocycles. The average molecular weight is 206 g/mol. The Hall–Kier alpha value is -1.00. The molecule has 4 nitrogen and oxygen atoms in total. The largest absolute Gasteiger partial charge is 0.327 e. The van der Waals surface area contributed by atoms with Crippen molar-refractivity contribution >= 4 is 0 Å². The number of hydrogen-bond acceptors (Lipinski definition) is 4. The minimum atomic E-state index is 0.330. The van der Waals surface area contributed by atoms with Gasteiger partial charge in [-0.15, -0.1) is 0 Å². The van der Waals surface area contributed by atoms with E-state index in [9.17, 15) is 0 Å². The first-order valence-electron chi connectivity index (χ1n) is 5.49. The maximum atomic E-state index is 5.93. The van der Waals surface area contributed by atoms with E-state index >= 15 is 0 Å². The monoisotopic (exact) mass is 206 g/mol. The Morgan fingerprint density at radius 1 is 1.53 bits per heavy atom. The van der Waals surface area contributed by atoms with E-state index in [1.165, 1.54) is 6.42 Å². The molecule has 4 heteroatoms. The van der Waals surface area contributed by atoms with E-state index in [0.717, 1.165) is 37.4 Å². The van der Waals surface area contributed by atoms with Gasteiger partial charge in [0.05, 0.1) is 11.4 Å². The van der Waals surface area contributed by atoms with Crippen LogP contribution in [-0.4, -0.2) is 34.0 Å². The van der Waals surface area contributed by atoms with Crippen molar-refractivity contribution < 1.29 is 0 Å². The molecule has 2 N–H and O–H groups in total. The van der Waals surface area contributed by atoms with Gasteiger partial charge in [-0.25, -0.2) is 0 Å². The van der Waals surface area contributed by atoms with E-state index in [1.807, 2.05) is 13.1 Å². The number of aromatic nitrogens is 2. The fourth-order valence-corrected chi connectivity index (χ4v) is 2.06. The van der Waals surface area contributed by atoms with Crippen LogP contribution in [0.1, 0.15) is 24.2 Å². The fraction of sp³-hybridized carbons (Fsp3) is 0.636. The third-order valence-corrected chi connectivity index (χ3v) is 2.73. The lowest BCUT2D eigenvalue weighted by Gasteiger charge is -2.30. The molecule has 0 radical (unpaired) electrons. The molecular weight excluding hydrogens is 188 g/mol. The van der Waals surface area contributed by atoms with Gasteiger partial charge in [0.25, 0.3) is 0 Å². The number of piperidine rings is 1. The Balaban J connectivity index is 1.96. The summed E-state index contributed by atoms with van der Waals surface area (Å²) in [5, 5.41) is 0. The average Bonchev–Trinajstić information content (AvgIpc) is 2.17. The second-order valence-electron chi connectivity index (χ2n) is 4.29. The van der Waals surface area contributed by atoms with Crippen LogP contribution in [0.4, 0.5) is 0 Å². The highest BCUT2D eigenvalue weighted by atomic mass is 15.2. The Labute approximate surface area is 90.5 Å². The molecule has 0 spiro atoms. The van der Waals surface area contributed by atoms with Crippen LogP contribution in [0.15, 0.2) is 12.4 Å². The van der Waals surface area contributed by atoms with Gasteiger partial charge < -0.3 is 5.73 Å². The zero-order valence-corrected chi connectivity index (χ0v) is 9.19. The molecular formula is C11H18N4. The molecule has 1 fully saturated rings. The molecule has 0 aliphatic carbocycles. The molecule has 1 aliphatic heterocycles. The first-order chi connectivity index (χ1) is 7.24. The molecule has 1 saturated heterocycles. The van der Waals surface area contributed by atoms with Crippen molar-refractivity contribution in [3.8, 4) is 0 Å². The van der Waals surface area contributed by atoms with E-state index in [1.54, 1.807) is 6.20 Å². The van der Waals surface area contributed by atoms with E-state index < -0.39 is 0 Å². The van der Waals surface area contributed by atoms with Crippen molar-refractivity contribution in [1.82, 2.24) is 14.9 Å². The lowest BCUT2D eigenvalue weighted by atomic mass is 10.1. The van der Waals surface area contributed by atoms with Crippen molar-refractivity contribution in [3.63, 3.8) is 0 Å². The van der Waals surface area contributed by atoms with Crippen molar-refractivity contribution in [2.24, 2.45) is 5.73 Å². The molecule has 15 heavy (non-hydrogen) atoms. The molecule has 2 heterocycles. The Kier molecular flexibility index (Phi) is 3.28. The molecule has 82 valence electrons. The van der Waals surface area contributed by atoms with Crippen LogP contribution in [0, 0.1) is 6.92 Å². The van der Waals surface area contributed by atoms with Crippen LogP contribution in [0.2, 0.25) is 0 Å². The van der Waals surface area contributed by atoms with Gasteiger partial charge in [-0.3, -0.25) is 14.9 Å². The summed E-state index contributed by atoms with van der Waals surface area (Å²) >= 11 is 0. The number of hydrogen-bond donors (Lipinski definition) is 1. The molecule has 1 atom stereocenters. The molecule has 1 aliphatic rings. The lowest BCUT2D eigenvalue weighted by molar-refractivity contribution is 0.199. The lowest BCUT2D eigenvalue weighted by Crippen LogP contribution is -2.42. The molecule has 0 amide bonds. The second-order valence-corrected chi connectivity index (χ2v) is 4.29. The molecule has 1 unspecified atom stereocenters. The van der Waals surface area contributed by atoms with E-state index in [0.29, 0.717) is 6.04 Å². The van der Waals surface area contributed by atoms with Crippen LogP contribution < -0.4 is 5.73 Å². The van der Waals surface area contributed by atoms with Crippen molar-refractivity contribution in [3.05, 3.63) is 23.8 Å². The number of aryl methyl sites for hydroxylation is 1. The van der Waals surface area contributed by atoms with Gasteiger partial charge >= 0.3 is 0 Å². The normalized spacial score (nSPS) is 22.9. The number of nitrogens with two attached hydrogens (primary N) is 1. The Morgan fingerprint density at radius 3 is 3.13 bits per heavy atom. The maximum Gasteiger partial charge on any atom is 0.0730 e. The first kappa shape index (κ1) is 10.5. The van der Waals surface area contributed by atoms with E-state index in [4.69, 9.17) is 5.73 Å². The standard InChI is InChI=1S/C11H18N4/c1-9-5-13-6-11(14-9)8-15-4-2-3-10(12)7-15/h5-6,10H,2-4,7-8,12H2,1H3. The minimum Gasteiger partial charge on any atom is -0.327 e. The van der Waals surface area contributed by atoms with Crippen molar-refractivity contribution in [1.29, 1.82) is 0 Å². The number of likely N-dealkylation sites (tertiary alicyclic amines) is 1. The van der Waals surface area contributed by atoms with Gasteiger partial charge in [-0.2, -0.15) is 0 Å². The van der Waals surface area contributed by atoms with Gasteiger partial charge in [0.2, 0.25) is 0 Å². The van der Waals surface area contributed by atoms with E-state index in [-0.39, 0.29) is 0 Å². The second kappa shape index (κ2) is 4.68. The Morgan fingerprint density at radius 2 is 2.40 bits per heavy atom. The van der Waals surface area contributed by atoms with Crippen LogP contribution in [-0.2, 0) is 6.54 Å². The van der Waals surface area contributed by atoms with Crippen LogP contribution in [0.25, 0.3) is 0 Å². The van der Waals surface area contributed by atoms with Gasteiger partial charge in [0, 0.05) is 31.5 Å². The highest BCUT2D eigenvalue weighted by molar-refractivity contribution is 5.01. The zero-order chi connectivity index (χ0) is 10.7. The third-order valence-electron chi connectivity index (χ3n) is 2.73. The summed E-state index contributed by atoms with van der Waals surface area (Å²) in [6.07, 6.45) is 5.97. The maximum absolute atomic E-state index is 5.93. The number of rotatable bonds is 2. The summed E-state index contributed by atoms with van der Waals surface area (Å²) in [4.78, 5) is 11.0. The summed E-state index contributed by atoms with van der Waals surface area (Å²) in [6.45, 7) is 4.96. The van der Waals surface area contributed by atoms with Gasteiger partial charge in [0.1, 0.15) is 0 Å². The smallest absolute Gasteiger partial charge is 0.0730 e. The van der Waals surface area contributed by atoms with Crippen molar-refractivity contribution in [2.45, 2.75) is 32.4 Å². The molecule has 0 saturated carbocycles. The summed E-state index contributed by atoms with van der Waals surface area (Å²) in [5.74, 6) is 0. The quantitative estimate of drug-likeness (QED) is 0.774. The zero-order valence-electron chi connectivity index (χ0n) is 9.19. The van der Waals surface area contributed by atoms with E-state index in [2.05, 4.69) is 14.9 Å². The van der Waals surface area contributed by atoms with Gasteiger partial charge in [-0.05, 0) is 26.3 Å². The molecule has 0 bridgehead atoms. The van der Waals surface area contributed by atoms with Gasteiger partial charge in [-0.1, -0.05) is 0 Å². The van der Waals surface area contributed by atoms with Gasteiger partial charge in [0.15, 0.2) is 0 Å². The molecule has 1 aromatic heterocycles. The Bertz CT molecular complexity index is 326. The fourth-order valence-electron chi connectivity index (χ4n) is 2.06. The summed E-state index contributed by atoms with van der Waals surface area (Å²) in [7, 11) is 0. The summed E-state index contributed by atoms with van der Waals surface area (Å²) < 4.78 is 0. The van der Waals surface area contributed by atoms with Crippen LogP contribution in [0.3, 0.4) is 0 Å². The highest BCUT2D eigenvalue weighted by Crippen LogP contribution is 2.10. The third kappa shape index (κ3) is 2.97. The van der Waals surface area contributed by atoms with Crippen LogP contribution >= 0.6 is 0 Å². The van der Waals surface area contributed by atoms with Crippen LogP contribution in [0.5, 0.6) is 0 Å². The minimum absolute atomic E-state index is 0.330. The molecule has 2 rings (SSSR count).